The number of pyridine rings is 1. The maximum absolute atomic E-state index is 13.9. The molecule has 2 heterocycles. The molecule has 5 rings (SSSR count). The summed E-state index contributed by atoms with van der Waals surface area (Å²) in [6, 6.07) is 15.0. The lowest BCUT2D eigenvalue weighted by atomic mass is 9.77. The Morgan fingerprint density at radius 3 is 2.51 bits per heavy atom. The number of hydrogen-bond acceptors (Lipinski definition) is 3. The lowest BCUT2D eigenvalue weighted by molar-refractivity contribution is 0.0966. The van der Waals surface area contributed by atoms with Crippen LogP contribution < -0.4 is 4.90 Å². The first-order chi connectivity index (χ1) is 17.1. The van der Waals surface area contributed by atoms with Crippen molar-refractivity contribution in [3.8, 4) is 0 Å². The summed E-state index contributed by atoms with van der Waals surface area (Å²) in [5, 5.41) is 0.592. The van der Waals surface area contributed by atoms with Crippen LogP contribution in [0.5, 0.6) is 0 Å². The summed E-state index contributed by atoms with van der Waals surface area (Å²) in [6.07, 6.45) is 8.30. The van der Waals surface area contributed by atoms with Gasteiger partial charge < -0.3 is 9.64 Å². The van der Waals surface area contributed by atoms with Crippen molar-refractivity contribution in [2.75, 3.05) is 18.1 Å². The zero-order valence-corrected chi connectivity index (χ0v) is 20.8. The van der Waals surface area contributed by atoms with Crippen molar-refractivity contribution in [2.45, 2.75) is 63.5 Å². The van der Waals surface area contributed by atoms with Gasteiger partial charge in [-0.1, -0.05) is 43.2 Å². The van der Waals surface area contributed by atoms with Gasteiger partial charge in [-0.25, -0.2) is 13.8 Å². The van der Waals surface area contributed by atoms with Crippen LogP contribution in [0.15, 0.2) is 48.5 Å². The fourth-order valence-electron chi connectivity index (χ4n) is 5.97. The molecule has 3 nitrogen and oxygen atoms in total. The van der Waals surface area contributed by atoms with E-state index in [1.54, 1.807) is 0 Å². The second-order valence-corrected chi connectivity index (χ2v) is 10.3. The summed E-state index contributed by atoms with van der Waals surface area (Å²) >= 11 is 6.29. The van der Waals surface area contributed by atoms with Crippen LogP contribution in [0.3, 0.4) is 0 Å². The van der Waals surface area contributed by atoms with E-state index >= 15 is 0 Å². The predicted molar refractivity (Wildman–Crippen MR) is 138 cm³/mol. The van der Waals surface area contributed by atoms with Crippen molar-refractivity contribution in [1.29, 1.82) is 0 Å². The van der Waals surface area contributed by atoms with E-state index < -0.39 is 11.6 Å². The molecule has 35 heavy (non-hydrogen) atoms. The summed E-state index contributed by atoms with van der Waals surface area (Å²) < 4.78 is 33.5. The molecule has 1 aromatic heterocycles. The van der Waals surface area contributed by atoms with E-state index in [0.717, 1.165) is 49.7 Å². The fourth-order valence-corrected chi connectivity index (χ4v) is 6.17. The normalized spacial score (nSPS) is 22.7. The van der Waals surface area contributed by atoms with Crippen molar-refractivity contribution in [1.82, 2.24) is 4.98 Å². The quantitative estimate of drug-likeness (QED) is 0.236. The van der Waals surface area contributed by atoms with Crippen molar-refractivity contribution in [3.05, 3.63) is 71.3 Å². The SMILES string of the molecule is Fc1cc2cc(CCl)c(N3CCCC3C3CCC(CCOCc4ccccc4)CC3)nc2cc1F. The van der Waals surface area contributed by atoms with Gasteiger partial charge in [0.05, 0.1) is 18.0 Å². The Bertz CT molecular complexity index is 1130. The number of ether oxygens (including phenoxy) is 1. The molecule has 1 aliphatic heterocycles. The average Bonchev–Trinajstić information content (AvgIpc) is 3.37. The monoisotopic (exact) mass is 498 g/mol. The molecule has 0 radical (unpaired) electrons. The minimum Gasteiger partial charge on any atom is -0.377 e. The standard InChI is InChI=1S/C29H33ClF2N2O/c30-18-24-15-23-16-25(31)26(32)17-27(23)33-29(24)34-13-4-7-28(34)22-10-8-20(9-11-22)12-14-35-19-21-5-2-1-3-6-21/h1-3,5-6,15-17,20,22,28H,4,7-14,18-19H2. The molecule has 0 N–H and O–H groups in total. The number of anilines is 1. The van der Waals surface area contributed by atoms with E-state index in [-0.39, 0.29) is 0 Å². The number of nitrogens with zero attached hydrogens (tertiary/aromatic N) is 2. The van der Waals surface area contributed by atoms with E-state index in [4.69, 9.17) is 21.3 Å². The highest BCUT2D eigenvalue weighted by molar-refractivity contribution is 6.17. The first-order valence-corrected chi connectivity index (χ1v) is 13.4. The van der Waals surface area contributed by atoms with Crippen LogP contribution in [0.1, 0.15) is 56.1 Å². The van der Waals surface area contributed by atoms with Gasteiger partial charge in [-0.05, 0) is 61.6 Å². The molecule has 1 aliphatic carbocycles. The summed E-state index contributed by atoms with van der Waals surface area (Å²) in [7, 11) is 0. The smallest absolute Gasteiger partial charge is 0.161 e. The molecule has 1 saturated heterocycles. The van der Waals surface area contributed by atoms with Gasteiger partial charge in [-0.3, -0.25) is 0 Å². The highest BCUT2D eigenvalue weighted by Gasteiger charge is 2.35. The minimum atomic E-state index is -0.862. The van der Waals surface area contributed by atoms with Crippen LogP contribution in [0.2, 0.25) is 0 Å². The van der Waals surface area contributed by atoms with Crippen molar-refractivity contribution in [2.24, 2.45) is 11.8 Å². The second kappa shape index (κ2) is 11.2. The van der Waals surface area contributed by atoms with Gasteiger partial charge in [0.25, 0.3) is 0 Å². The third-order valence-corrected chi connectivity index (χ3v) is 8.13. The molecule has 1 atom stereocenters. The van der Waals surface area contributed by atoms with Crippen LogP contribution >= 0.6 is 11.6 Å². The molecule has 0 bridgehead atoms. The average molecular weight is 499 g/mol. The molecular weight excluding hydrogens is 466 g/mol. The number of fused-ring (bicyclic) bond motifs is 1. The topological polar surface area (TPSA) is 25.4 Å². The molecule has 2 fully saturated rings. The van der Waals surface area contributed by atoms with Gasteiger partial charge in [0.2, 0.25) is 0 Å². The zero-order valence-electron chi connectivity index (χ0n) is 20.1. The number of aromatic nitrogens is 1. The van der Waals surface area contributed by atoms with Crippen molar-refractivity contribution in [3.63, 3.8) is 0 Å². The first-order valence-electron chi connectivity index (χ1n) is 12.9. The van der Waals surface area contributed by atoms with Gasteiger partial charge in [-0.15, -0.1) is 11.6 Å². The Balaban J connectivity index is 1.20. The van der Waals surface area contributed by atoms with Crippen LogP contribution in [0, 0.1) is 23.5 Å². The Labute approximate surface area is 211 Å². The maximum Gasteiger partial charge on any atom is 0.161 e. The third-order valence-electron chi connectivity index (χ3n) is 7.85. The third kappa shape index (κ3) is 5.62. The Kier molecular flexibility index (Phi) is 7.84. The summed E-state index contributed by atoms with van der Waals surface area (Å²) in [5.74, 6) is 0.789. The molecule has 2 aliphatic rings. The number of halogens is 3. The molecule has 2 aromatic carbocycles. The summed E-state index contributed by atoms with van der Waals surface area (Å²) in [4.78, 5) is 7.18. The van der Waals surface area contributed by atoms with Crippen molar-refractivity contribution >= 4 is 28.3 Å². The first kappa shape index (κ1) is 24.5. The Morgan fingerprint density at radius 2 is 1.74 bits per heavy atom. The lowest BCUT2D eigenvalue weighted by Gasteiger charge is -2.37. The van der Waals surface area contributed by atoms with Gasteiger partial charge >= 0.3 is 0 Å². The van der Waals surface area contributed by atoms with Gasteiger partial charge in [0.1, 0.15) is 5.82 Å². The van der Waals surface area contributed by atoms with Gasteiger partial charge in [0, 0.05) is 36.2 Å². The number of rotatable bonds is 8. The molecule has 6 heteroatoms. The molecule has 3 aromatic rings. The number of alkyl halides is 1. The van der Waals surface area contributed by atoms with E-state index in [1.807, 2.05) is 24.3 Å². The van der Waals surface area contributed by atoms with E-state index in [2.05, 4.69) is 17.0 Å². The number of hydrogen-bond donors (Lipinski definition) is 0. The highest BCUT2D eigenvalue weighted by atomic mass is 35.5. The molecular formula is C29H33ClF2N2O. The highest BCUT2D eigenvalue weighted by Crippen LogP contribution is 2.40. The van der Waals surface area contributed by atoms with E-state index in [1.165, 1.54) is 43.4 Å². The van der Waals surface area contributed by atoms with Crippen LogP contribution in [0.4, 0.5) is 14.6 Å². The summed E-state index contributed by atoms with van der Waals surface area (Å²) in [5.41, 5.74) is 2.60. The maximum atomic E-state index is 13.9. The van der Waals surface area contributed by atoms with Crippen molar-refractivity contribution < 1.29 is 13.5 Å². The summed E-state index contributed by atoms with van der Waals surface area (Å²) in [6.45, 7) is 2.44. The fraction of sp³-hybridized carbons (Fsp3) is 0.483. The largest absolute Gasteiger partial charge is 0.377 e. The van der Waals surface area contributed by atoms with Gasteiger partial charge in [-0.2, -0.15) is 0 Å². The number of benzene rings is 2. The lowest BCUT2D eigenvalue weighted by Crippen LogP contribution is -2.38. The Hall–Kier alpha value is -2.24. The minimum absolute atomic E-state index is 0.302. The molecule has 0 spiro atoms. The van der Waals surface area contributed by atoms with Crippen LogP contribution in [-0.2, 0) is 17.2 Å². The molecule has 0 amide bonds. The zero-order chi connectivity index (χ0) is 24.2. The predicted octanol–water partition coefficient (Wildman–Crippen LogP) is 7.63. The van der Waals surface area contributed by atoms with E-state index in [9.17, 15) is 8.78 Å². The molecule has 186 valence electrons. The van der Waals surface area contributed by atoms with Gasteiger partial charge in [0.15, 0.2) is 11.6 Å². The molecule has 1 unspecified atom stereocenters. The van der Waals surface area contributed by atoms with Crippen LogP contribution in [-0.4, -0.2) is 24.2 Å². The van der Waals surface area contributed by atoms with E-state index in [0.29, 0.717) is 35.3 Å². The molecule has 1 saturated carbocycles. The Morgan fingerprint density at radius 1 is 0.971 bits per heavy atom. The second-order valence-electron chi connectivity index (χ2n) is 10.1. The van der Waals surface area contributed by atoms with Crippen LogP contribution in [0.25, 0.3) is 10.9 Å².